The first-order valence-corrected chi connectivity index (χ1v) is 10.1. The number of halogens is 1. The summed E-state index contributed by atoms with van der Waals surface area (Å²) >= 11 is 0. The molecule has 3 aromatic carbocycles. The minimum absolute atomic E-state index is 0.0161. The molecule has 0 fully saturated rings. The molecule has 28 heavy (non-hydrogen) atoms. The summed E-state index contributed by atoms with van der Waals surface area (Å²) in [5.41, 5.74) is 1.83. The van der Waals surface area contributed by atoms with E-state index in [-0.39, 0.29) is 17.3 Å². The van der Waals surface area contributed by atoms with Crippen molar-refractivity contribution in [1.82, 2.24) is 14.7 Å². The fourth-order valence-corrected chi connectivity index (χ4v) is 4.18. The molecule has 5 nitrogen and oxygen atoms in total. The highest BCUT2D eigenvalue weighted by Gasteiger charge is 2.17. The van der Waals surface area contributed by atoms with Crippen LogP contribution in [0.15, 0.2) is 84.0 Å². The summed E-state index contributed by atoms with van der Waals surface area (Å²) in [7, 11) is -3.73. The molecule has 4 rings (SSSR count). The SMILES string of the molecule is O=S(=O)(NCc1cc(-c2ccc(F)cc2)ncn1)c1cccc2ccccc12. The second-order valence-electron chi connectivity index (χ2n) is 6.20. The number of hydrogen-bond donors (Lipinski definition) is 1. The van der Waals surface area contributed by atoms with Gasteiger partial charge in [0.2, 0.25) is 10.0 Å². The lowest BCUT2D eigenvalue weighted by molar-refractivity contribution is 0.581. The maximum absolute atomic E-state index is 13.1. The van der Waals surface area contributed by atoms with Crippen LogP contribution >= 0.6 is 0 Å². The van der Waals surface area contributed by atoms with Crippen LogP contribution in [0.25, 0.3) is 22.0 Å². The van der Waals surface area contributed by atoms with E-state index in [0.717, 1.165) is 10.9 Å². The van der Waals surface area contributed by atoms with Crippen molar-refractivity contribution >= 4 is 20.8 Å². The lowest BCUT2D eigenvalue weighted by Crippen LogP contribution is -2.24. The normalized spacial score (nSPS) is 11.6. The quantitative estimate of drug-likeness (QED) is 0.558. The van der Waals surface area contributed by atoms with E-state index >= 15 is 0 Å². The molecule has 0 spiro atoms. The Balaban J connectivity index is 1.58. The summed E-state index contributed by atoms with van der Waals surface area (Å²) in [5, 5.41) is 1.51. The average molecular weight is 393 g/mol. The molecule has 0 atom stereocenters. The number of fused-ring (bicyclic) bond motifs is 1. The molecular formula is C21H16FN3O2S. The molecule has 0 aliphatic rings. The first-order chi connectivity index (χ1) is 13.5. The fraction of sp³-hybridized carbons (Fsp3) is 0.0476. The van der Waals surface area contributed by atoms with Gasteiger partial charge in [-0.1, -0.05) is 36.4 Å². The lowest BCUT2D eigenvalue weighted by Gasteiger charge is -2.10. The van der Waals surface area contributed by atoms with Crippen LogP contribution in [0.1, 0.15) is 5.69 Å². The molecule has 1 aromatic heterocycles. The molecule has 0 aliphatic heterocycles. The van der Waals surface area contributed by atoms with E-state index in [1.54, 1.807) is 42.5 Å². The second-order valence-corrected chi connectivity index (χ2v) is 7.94. The van der Waals surface area contributed by atoms with Crippen LogP contribution < -0.4 is 4.72 Å². The summed E-state index contributed by atoms with van der Waals surface area (Å²) < 4.78 is 41.3. The molecule has 0 unspecified atom stereocenters. The molecule has 140 valence electrons. The van der Waals surface area contributed by atoms with Gasteiger partial charge in [-0.2, -0.15) is 0 Å². The Morgan fingerprint density at radius 3 is 2.46 bits per heavy atom. The van der Waals surface area contributed by atoms with Gasteiger partial charge in [-0.05, 0) is 41.8 Å². The number of hydrogen-bond acceptors (Lipinski definition) is 4. The van der Waals surface area contributed by atoms with Gasteiger partial charge in [0.05, 0.1) is 22.8 Å². The smallest absolute Gasteiger partial charge is 0.240 e. The van der Waals surface area contributed by atoms with Crippen LogP contribution in [0.5, 0.6) is 0 Å². The van der Waals surface area contributed by atoms with Crippen molar-refractivity contribution in [3.05, 3.63) is 90.6 Å². The van der Waals surface area contributed by atoms with Gasteiger partial charge < -0.3 is 0 Å². The molecule has 1 N–H and O–H groups in total. The van der Waals surface area contributed by atoms with Gasteiger partial charge in [-0.25, -0.2) is 27.5 Å². The molecule has 0 amide bonds. The summed E-state index contributed by atoms with van der Waals surface area (Å²) in [5.74, 6) is -0.333. The van der Waals surface area contributed by atoms with Crippen molar-refractivity contribution < 1.29 is 12.8 Å². The average Bonchev–Trinajstić information content (AvgIpc) is 2.73. The van der Waals surface area contributed by atoms with E-state index in [0.29, 0.717) is 16.8 Å². The van der Waals surface area contributed by atoms with Crippen molar-refractivity contribution in [3.8, 4) is 11.3 Å². The van der Waals surface area contributed by atoms with Gasteiger partial charge >= 0.3 is 0 Å². The standard InChI is InChI=1S/C21H16FN3O2S/c22-17-10-8-16(9-11-17)20-12-18(23-14-24-20)13-25-28(26,27)21-7-3-5-15-4-1-2-6-19(15)21/h1-12,14,25H,13H2. The zero-order chi connectivity index (χ0) is 19.6. The molecule has 0 radical (unpaired) electrons. The largest absolute Gasteiger partial charge is 0.241 e. The summed E-state index contributed by atoms with van der Waals surface area (Å²) in [4.78, 5) is 8.52. The highest BCUT2D eigenvalue weighted by atomic mass is 32.2. The first-order valence-electron chi connectivity index (χ1n) is 8.57. The molecule has 0 saturated heterocycles. The van der Waals surface area contributed by atoms with Gasteiger partial charge in [-0.15, -0.1) is 0 Å². The van der Waals surface area contributed by atoms with Gasteiger partial charge in [0, 0.05) is 10.9 Å². The van der Waals surface area contributed by atoms with Crippen molar-refractivity contribution in [3.63, 3.8) is 0 Å². The van der Waals surface area contributed by atoms with Gasteiger partial charge in [-0.3, -0.25) is 0 Å². The maximum atomic E-state index is 13.1. The van der Waals surface area contributed by atoms with Crippen LogP contribution in [0.4, 0.5) is 4.39 Å². The van der Waals surface area contributed by atoms with Gasteiger partial charge in [0.1, 0.15) is 12.1 Å². The van der Waals surface area contributed by atoms with Gasteiger partial charge in [0.15, 0.2) is 0 Å². The van der Waals surface area contributed by atoms with E-state index in [1.165, 1.54) is 18.5 Å². The third-order valence-electron chi connectivity index (χ3n) is 4.35. The van der Waals surface area contributed by atoms with E-state index in [4.69, 9.17) is 0 Å². The van der Waals surface area contributed by atoms with Crippen molar-refractivity contribution in [2.45, 2.75) is 11.4 Å². The van der Waals surface area contributed by atoms with Crippen LogP contribution in [-0.2, 0) is 16.6 Å². The number of sulfonamides is 1. The minimum atomic E-state index is -3.73. The Hall–Kier alpha value is -3.16. The Kier molecular flexibility index (Phi) is 4.85. The van der Waals surface area contributed by atoms with E-state index < -0.39 is 10.0 Å². The lowest BCUT2D eigenvalue weighted by atomic mass is 10.1. The van der Waals surface area contributed by atoms with Crippen molar-refractivity contribution in [2.75, 3.05) is 0 Å². The number of aromatic nitrogens is 2. The minimum Gasteiger partial charge on any atom is -0.240 e. The first kappa shape index (κ1) is 18.2. The second kappa shape index (κ2) is 7.46. The highest BCUT2D eigenvalue weighted by Crippen LogP contribution is 2.23. The van der Waals surface area contributed by atoms with Crippen molar-refractivity contribution in [2.24, 2.45) is 0 Å². The predicted molar refractivity (Wildman–Crippen MR) is 105 cm³/mol. The number of rotatable bonds is 5. The third-order valence-corrected chi connectivity index (χ3v) is 5.81. The zero-order valence-electron chi connectivity index (χ0n) is 14.7. The van der Waals surface area contributed by atoms with E-state index in [2.05, 4.69) is 14.7 Å². The Morgan fingerprint density at radius 1 is 0.893 bits per heavy atom. The maximum Gasteiger partial charge on any atom is 0.241 e. The monoisotopic (exact) mass is 393 g/mol. The number of benzene rings is 3. The molecule has 7 heteroatoms. The summed E-state index contributed by atoms with van der Waals surface area (Å²) in [6.07, 6.45) is 1.36. The van der Waals surface area contributed by atoms with E-state index in [9.17, 15) is 12.8 Å². The topological polar surface area (TPSA) is 72.0 Å². The van der Waals surface area contributed by atoms with Crippen LogP contribution in [0.2, 0.25) is 0 Å². The summed E-state index contributed by atoms with van der Waals surface area (Å²) in [6, 6.07) is 20.1. The molecule has 0 aliphatic carbocycles. The Labute approximate surface area is 162 Å². The zero-order valence-corrected chi connectivity index (χ0v) is 15.5. The predicted octanol–water partition coefficient (Wildman–Crippen LogP) is 3.91. The fourth-order valence-electron chi connectivity index (χ4n) is 2.95. The Bertz CT molecular complexity index is 1240. The third kappa shape index (κ3) is 3.76. The highest BCUT2D eigenvalue weighted by molar-refractivity contribution is 7.89. The van der Waals surface area contributed by atoms with Crippen LogP contribution in [-0.4, -0.2) is 18.4 Å². The van der Waals surface area contributed by atoms with Gasteiger partial charge in [0.25, 0.3) is 0 Å². The Morgan fingerprint density at radius 2 is 1.64 bits per heavy atom. The summed E-state index contributed by atoms with van der Waals surface area (Å²) in [6.45, 7) is 0.0161. The molecule has 4 aromatic rings. The number of nitrogens with zero attached hydrogens (tertiary/aromatic N) is 2. The van der Waals surface area contributed by atoms with E-state index in [1.807, 2.05) is 18.2 Å². The number of nitrogens with one attached hydrogen (secondary N) is 1. The van der Waals surface area contributed by atoms with Crippen LogP contribution in [0, 0.1) is 5.82 Å². The van der Waals surface area contributed by atoms with Crippen molar-refractivity contribution in [1.29, 1.82) is 0 Å². The molecular weight excluding hydrogens is 377 g/mol. The van der Waals surface area contributed by atoms with Crippen LogP contribution in [0.3, 0.4) is 0 Å². The molecule has 1 heterocycles. The molecule has 0 saturated carbocycles. The molecule has 0 bridgehead atoms.